The Balaban J connectivity index is 1.35. The molecule has 2 aliphatic carbocycles. The molecule has 0 radical (unpaired) electrons. The van der Waals surface area contributed by atoms with Gasteiger partial charge in [-0.15, -0.1) is 0 Å². The van der Waals surface area contributed by atoms with E-state index in [1.165, 1.54) is 43.4 Å². The van der Waals surface area contributed by atoms with Crippen molar-refractivity contribution in [1.29, 1.82) is 0 Å². The van der Waals surface area contributed by atoms with Crippen LogP contribution in [0.5, 0.6) is 0 Å². The Hall–Kier alpha value is -1.43. The van der Waals surface area contributed by atoms with Gasteiger partial charge in [0, 0.05) is 30.2 Å². The summed E-state index contributed by atoms with van der Waals surface area (Å²) in [6.07, 6.45) is 9.82. The Morgan fingerprint density at radius 2 is 1.96 bits per heavy atom. The van der Waals surface area contributed by atoms with Crippen LogP contribution in [0, 0.1) is 11.8 Å². The smallest absolute Gasteiger partial charge is 0.229 e. The quantitative estimate of drug-likeness (QED) is 0.908. The van der Waals surface area contributed by atoms with E-state index in [0.29, 0.717) is 29.9 Å². The van der Waals surface area contributed by atoms with Crippen LogP contribution in [0.2, 0.25) is 0 Å². The van der Waals surface area contributed by atoms with E-state index in [1.807, 2.05) is 4.90 Å². The number of carbonyl (C=O) groups is 2. The minimum Gasteiger partial charge on any atom is -0.337 e. The minimum atomic E-state index is 0.103. The monoisotopic (exact) mass is 347 g/mol. The Morgan fingerprint density at radius 3 is 2.71 bits per heavy atom. The molecule has 0 unspecified atom stereocenters. The number of aromatic nitrogens is 1. The number of anilines is 1. The van der Waals surface area contributed by atoms with Gasteiger partial charge < -0.3 is 10.2 Å². The number of nitrogens with zero attached hydrogens (tertiary/aromatic N) is 2. The highest BCUT2D eigenvalue weighted by molar-refractivity contribution is 7.15. The Morgan fingerprint density at radius 1 is 1.17 bits per heavy atom. The molecule has 6 heteroatoms. The van der Waals surface area contributed by atoms with E-state index in [1.54, 1.807) is 0 Å². The molecule has 0 saturated heterocycles. The van der Waals surface area contributed by atoms with Crippen LogP contribution in [0.3, 0.4) is 0 Å². The molecule has 3 aliphatic rings. The van der Waals surface area contributed by atoms with Crippen LogP contribution in [-0.4, -0.2) is 28.2 Å². The van der Waals surface area contributed by atoms with E-state index < -0.39 is 0 Å². The third-order valence-corrected chi connectivity index (χ3v) is 6.45. The van der Waals surface area contributed by atoms with Crippen LogP contribution in [0.25, 0.3) is 0 Å². The summed E-state index contributed by atoms with van der Waals surface area (Å²) in [7, 11) is 0. The van der Waals surface area contributed by atoms with Gasteiger partial charge >= 0.3 is 0 Å². The molecule has 2 heterocycles. The number of rotatable bonds is 4. The van der Waals surface area contributed by atoms with Crippen LogP contribution >= 0.6 is 11.3 Å². The topological polar surface area (TPSA) is 62.3 Å². The SMILES string of the molecule is O=C(Nc1nc2c(s1)CN(C(=O)CC1CCCCC1)CC2)C1CC1. The Bertz CT molecular complexity index is 632. The van der Waals surface area contributed by atoms with E-state index >= 15 is 0 Å². The largest absolute Gasteiger partial charge is 0.337 e. The average Bonchev–Trinajstić information content (AvgIpc) is 3.36. The van der Waals surface area contributed by atoms with E-state index in [4.69, 9.17) is 0 Å². The molecule has 1 aliphatic heterocycles. The van der Waals surface area contributed by atoms with Crippen LogP contribution in [0.15, 0.2) is 0 Å². The first-order valence-electron chi connectivity index (χ1n) is 9.26. The first-order chi connectivity index (χ1) is 11.7. The molecule has 0 spiro atoms. The van der Waals surface area contributed by atoms with Crippen LogP contribution in [0.4, 0.5) is 5.13 Å². The summed E-state index contributed by atoms with van der Waals surface area (Å²) in [5.74, 6) is 1.18. The van der Waals surface area contributed by atoms with Crippen molar-refractivity contribution < 1.29 is 9.59 Å². The van der Waals surface area contributed by atoms with Gasteiger partial charge in [0.05, 0.1) is 12.2 Å². The first-order valence-corrected chi connectivity index (χ1v) is 10.1. The zero-order valence-electron chi connectivity index (χ0n) is 14.1. The van der Waals surface area contributed by atoms with Crippen LogP contribution < -0.4 is 5.32 Å². The lowest BCUT2D eigenvalue weighted by molar-refractivity contribution is -0.133. The highest BCUT2D eigenvalue weighted by Gasteiger charge is 2.31. The lowest BCUT2D eigenvalue weighted by Crippen LogP contribution is -2.36. The van der Waals surface area contributed by atoms with Gasteiger partial charge in [-0.05, 0) is 31.6 Å². The number of carbonyl (C=O) groups excluding carboxylic acids is 2. The van der Waals surface area contributed by atoms with Gasteiger partial charge in [-0.1, -0.05) is 30.6 Å². The molecule has 5 nitrogen and oxygen atoms in total. The molecule has 2 amide bonds. The predicted molar refractivity (Wildman–Crippen MR) is 93.8 cm³/mol. The number of fused-ring (bicyclic) bond motifs is 1. The summed E-state index contributed by atoms with van der Waals surface area (Å²) >= 11 is 1.54. The molecule has 0 atom stereocenters. The zero-order chi connectivity index (χ0) is 16.5. The fourth-order valence-electron chi connectivity index (χ4n) is 3.78. The van der Waals surface area contributed by atoms with Gasteiger partial charge in [-0.3, -0.25) is 9.59 Å². The summed E-state index contributed by atoms with van der Waals surface area (Å²) in [5.41, 5.74) is 1.06. The molecule has 1 N–H and O–H groups in total. The summed E-state index contributed by atoms with van der Waals surface area (Å²) in [4.78, 5) is 32.2. The standard InChI is InChI=1S/C18H25N3O2S/c22-16(10-12-4-2-1-3-5-12)21-9-8-14-15(11-21)24-18(19-14)20-17(23)13-6-7-13/h12-13H,1-11H2,(H,19,20,23). The number of nitrogens with one attached hydrogen (secondary N) is 1. The van der Waals surface area contributed by atoms with Gasteiger partial charge in [-0.2, -0.15) is 0 Å². The van der Waals surface area contributed by atoms with Crippen molar-refractivity contribution >= 4 is 28.3 Å². The molecule has 130 valence electrons. The number of hydrogen-bond acceptors (Lipinski definition) is 4. The lowest BCUT2D eigenvalue weighted by Gasteiger charge is -2.29. The maximum atomic E-state index is 12.6. The van der Waals surface area contributed by atoms with Crippen molar-refractivity contribution in [3.8, 4) is 0 Å². The zero-order valence-corrected chi connectivity index (χ0v) is 14.9. The molecular formula is C18H25N3O2S. The summed E-state index contributed by atoms with van der Waals surface area (Å²) in [6.45, 7) is 1.43. The van der Waals surface area contributed by atoms with Crippen molar-refractivity contribution in [2.24, 2.45) is 11.8 Å². The van der Waals surface area contributed by atoms with E-state index in [2.05, 4.69) is 10.3 Å². The second kappa shape index (κ2) is 6.82. The molecular weight excluding hydrogens is 322 g/mol. The molecule has 1 aromatic rings. The predicted octanol–water partition coefficient (Wildman–Crippen LogP) is 3.35. The van der Waals surface area contributed by atoms with Crippen molar-refractivity contribution in [3.05, 3.63) is 10.6 Å². The first kappa shape index (κ1) is 16.1. The van der Waals surface area contributed by atoms with Crippen molar-refractivity contribution in [3.63, 3.8) is 0 Å². The Labute approximate surface area is 146 Å². The van der Waals surface area contributed by atoms with Crippen molar-refractivity contribution in [2.75, 3.05) is 11.9 Å². The lowest BCUT2D eigenvalue weighted by atomic mass is 9.86. The second-order valence-corrected chi connectivity index (χ2v) is 8.51. The summed E-state index contributed by atoms with van der Waals surface area (Å²) in [6, 6.07) is 0. The third kappa shape index (κ3) is 3.63. The summed E-state index contributed by atoms with van der Waals surface area (Å²) < 4.78 is 0. The molecule has 4 rings (SSSR count). The normalized spacial score (nSPS) is 21.4. The number of hydrogen-bond donors (Lipinski definition) is 1. The van der Waals surface area contributed by atoms with Crippen molar-refractivity contribution in [1.82, 2.24) is 9.88 Å². The van der Waals surface area contributed by atoms with Gasteiger partial charge in [0.25, 0.3) is 0 Å². The van der Waals surface area contributed by atoms with E-state index in [-0.39, 0.29) is 11.8 Å². The third-order valence-electron chi connectivity index (χ3n) is 5.45. The maximum absolute atomic E-state index is 12.6. The maximum Gasteiger partial charge on any atom is 0.229 e. The van der Waals surface area contributed by atoms with Crippen molar-refractivity contribution in [2.45, 2.75) is 64.3 Å². The molecule has 2 saturated carbocycles. The molecule has 0 aromatic carbocycles. The number of amides is 2. The average molecular weight is 347 g/mol. The fourth-order valence-corrected chi connectivity index (χ4v) is 4.81. The van der Waals surface area contributed by atoms with Gasteiger partial charge in [0.2, 0.25) is 11.8 Å². The highest BCUT2D eigenvalue weighted by atomic mass is 32.1. The molecule has 1 aromatic heterocycles. The van der Waals surface area contributed by atoms with E-state index in [9.17, 15) is 9.59 Å². The highest BCUT2D eigenvalue weighted by Crippen LogP contribution is 2.33. The molecule has 0 bridgehead atoms. The van der Waals surface area contributed by atoms with E-state index in [0.717, 1.165) is 36.4 Å². The van der Waals surface area contributed by atoms with Gasteiger partial charge in [-0.25, -0.2) is 4.98 Å². The van der Waals surface area contributed by atoms with Gasteiger partial charge in [0.1, 0.15) is 0 Å². The fraction of sp³-hybridized carbons (Fsp3) is 0.722. The summed E-state index contributed by atoms with van der Waals surface area (Å²) in [5, 5.41) is 3.64. The number of thiazole rings is 1. The second-order valence-electron chi connectivity index (χ2n) is 7.43. The minimum absolute atomic E-state index is 0.103. The van der Waals surface area contributed by atoms with Crippen LogP contribution in [0.1, 0.15) is 61.9 Å². The Kier molecular flexibility index (Phi) is 4.57. The molecule has 24 heavy (non-hydrogen) atoms. The van der Waals surface area contributed by atoms with Gasteiger partial charge in [0.15, 0.2) is 5.13 Å². The molecule has 2 fully saturated rings. The van der Waals surface area contributed by atoms with Crippen LogP contribution in [-0.2, 0) is 22.6 Å².